The van der Waals surface area contributed by atoms with Crippen LogP contribution in [0.25, 0.3) is 0 Å². The monoisotopic (exact) mass is 295 g/mol. The van der Waals surface area contributed by atoms with E-state index in [-0.39, 0.29) is 10.6 Å². The Balaban J connectivity index is 2.54. The highest BCUT2D eigenvalue weighted by atomic mass is 32.2. The fraction of sp³-hybridized carbons (Fsp3) is 0.0769. The average Bonchev–Trinajstić information content (AvgIpc) is 2.37. The standard InChI is InChI=1S/C13H14FN3O2S/c1-17(10-5-2-4-9(14)8-10)11-6-3-7-12(13(11)15)20(16,18)19/h2-8H,15H2,1H3,(H2,16,18,19). The van der Waals surface area contributed by atoms with Gasteiger partial charge in [-0.25, -0.2) is 17.9 Å². The molecule has 0 saturated carbocycles. The fourth-order valence-electron chi connectivity index (χ4n) is 1.90. The van der Waals surface area contributed by atoms with E-state index in [1.807, 2.05) is 0 Å². The molecule has 2 aromatic carbocycles. The molecule has 5 nitrogen and oxygen atoms in total. The first kappa shape index (κ1) is 14.3. The summed E-state index contributed by atoms with van der Waals surface area (Å²) >= 11 is 0. The maximum atomic E-state index is 13.2. The molecule has 0 heterocycles. The molecule has 0 saturated heterocycles. The van der Waals surface area contributed by atoms with Gasteiger partial charge in [0.05, 0.1) is 11.4 Å². The molecule has 20 heavy (non-hydrogen) atoms. The topological polar surface area (TPSA) is 89.4 Å². The van der Waals surface area contributed by atoms with E-state index < -0.39 is 15.8 Å². The first-order valence-corrected chi connectivity index (χ1v) is 7.26. The second kappa shape index (κ2) is 5.10. The first-order valence-electron chi connectivity index (χ1n) is 5.71. The summed E-state index contributed by atoms with van der Waals surface area (Å²) in [5.41, 5.74) is 6.86. The molecule has 0 atom stereocenters. The van der Waals surface area contributed by atoms with Crippen molar-refractivity contribution >= 4 is 27.1 Å². The van der Waals surface area contributed by atoms with Gasteiger partial charge in [0, 0.05) is 12.7 Å². The van der Waals surface area contributed by atoms with E-state index >= 15 is 0 Å². The van der Waals surface area contributed by atoms with E-state index in [0.29, 0.717) is 11.4 Å². The number of rotatable bonds is 3. The molecule has 0 aliphatic carbocycles. The molecule has 0 aliphatic heterocycles. The van der Waals surface area contributed by atoms with Crippen molar-refractivity contribution in [3.8, 4) is 0 Å². The number of nitrogens with zero attached hydrogens (tertiary/aromatic N) is 1. The number of para-hydroxylation sites is 1. The lowest BCUT2D eigenvalue weighted by atomic mass is 10.2. The molecule has 0 aromatic heterocycles. The summed E-state index contributed by atoms with van der Waals surface area (Å²) in [4.78, 5) is 1.44. The summed E-state index contributed by atoms with van der Waals surface area (Å²) < 4.78 is 36.1. The van der Waals surface area contributed by atoms with E-state index in [1.54, 1.807) is 30.1 Å². The Morgan fingerprint density at radius 3 is 2.40 bits per heavy atom. The van der Waals surface area contributed by atoms with Crippen molar-refractivity contribution in [1.29, 1.82) is 0 Å². The lowest BCUT2D eigenvalue weighted by Gasteiger charge is -2.22. The van der Waals surface area contributed by atoms with Crippen LogP contribution in [0.2, 0.25) is 0 Å². The lowest BCUT2D eigenvalue weighted by Crippen LogP contribution is -2.17. The third-order valence-electron chi connectivity index (χ3n) is 2.91. The van der Waals surface area contributed by atoms with Gasteiger partial charge in [-0.15, -0.1) is 0 Å². The van der Waals surface area contributed by atoms with Crippen molar-refractivity contribution in [3.63, 3.8) is 0 Å². The Kier molecular flexibility index (Phi) is 3.65. The van der Waals surface area contributed by atoms with Gasteiger partial charge in [0.15, 0.2) is 0 Å². The molecule has 0 fully saturated rings. The number of sulfonamides is 1. The van der Waals surface area contributed by atoms with Crippen molar-refractivity contribution in [3.05, 3.63) is 48.3 Å². The molecule has 7 heteroatoms. The quantitative estimate of drug-likeness (QED) is 0.845. The highest BCUT2D eigenvalue weighted by Gasteiger charge is 2.17. The van der Waals surface area contributed by atoms with Crippen LogP contribution in [0.15, 0.2) is 47.4 Å². The zero-order valence-electron chi connectivity index (χ0n) is 10.7. The number of benzene rings is 2. The molecule has 0 unspecified atom stereocenters. The summed E-state index contributed by atoms with van der Waals surface area (Å²) in [7, 11) is -2.25. The van der Waals surface area contributed by atoms with Crippen molar-refractivity contribution < 1.29 is 12.8 Å². The third-order valence-corrected chi connectivity index (χ3v) is 3.88. The van der Waals surface area contributed by atoms with E-state index in [4.69, 9.17) is 10.9 Å². The average molecular weight is 295 g/mol. The van der Waals surface area contributed by atoms with Crippen LogP contribution in [0.3, 0.4) is 0 Å². The van der Waals surface area contributed by atoms with Gasteiger partial charge in [0.25, 0.3) is 0 Å². The highest BCUT2D eigenvalue weighted by molar-refractivity contribution is 7.89. The Morgan fingerprint density at radius 2 is 1.80 bits per heavy atom. The third kappa shape index (κ3) is 2.73. The van der Waals surface area contributed by atoms with Crippen LogP contribution in [0.1, 0.15) is 0 Å². The zero-order valence-corrected chi connectivity index (χ0v) is 11.6. The van der Waals surface area contributed by atoms with Gasteiger partial charge in [0.2, 0.25) is 10.0 Å². The predicted octanol–water partition coefficient (Wildman–Crippen LogP) is 1.82. The SMILES string of the molecule is CN(c1cccc(F)c1)c1cccc(S(N)(=O)=O)c1N. The van der Waals surface area contributed by atoms with Crippen LogP contribution >= 0.6 is 0 Å². The van der Waals surface area contributed by atoms with Gasteiger partial charge >= 0.3 is 0 Å². The number of halogens is 1. The fourth-order valence-corrected chi connectivity index (χ4v) is 2.58. The van der Waals surface area contributed by atoms with Gasteiger partial charge in [-0.1, -0.05) is 12.1 Å². The van der Waals surface area contributed by atoms with E-state index in [0.717, 1.165) is 0 Å². The van der Waals surface area contributed by atoms with Crippen LogP contribution in [0.5, 0.6) is 0 Å². The minimum Gasteiger partial charge on any atom is -0.396 e. The minimum atomic E-state index is -3.91. The zero-order chi connectivity index (χ0) is 14.9. The Labute approximate surface area is 116 Å². The van der Waals surface area contributed by atoms with E-state index in [1.165, 1.54) is 24.3 Å². The number of nitrogen functional groups attached to an aromatic ring is 1. The molecule has 4 N–H and O–H groups in total. The van der Waals surface area contributed by atoms with Crippen molar-refractivity contribution in [1.82, 2.24) is 0 Å². The van der Waals surface area contributed by atoms with E-state index in [2.05, 4.69) is 0 Å². The maximum absolute atomic E-state index is 13.2. The molecular weight excluding hydrogens is 281 g/mol. The Morgan fingerprint density at radius 1 is 1.15 bits per heavy atom. The van der Waals surface area contributed by atoms with Crippen LogP contribution in [-0.4, -0.2) is 15.5 Å². The molecule has 0 amide bonds. The largest absolute Gasteiger partial charge is 0.396 e. The van der Waals surface area contributed by atoms with Gasteiger partial charge in [-0.2, -0.15) is 0 Å². The molecule has 0 spiro atoms. The molecule has 106 valence electrons. The summed E-state index contributed by atoms with van der Waals surface area (Å²) in [6.07, 6.45) is 0. The van der Waals surface area contributed by atoms with Crippen LogP contribution in [0, 0.1) is 5.82 Å². The van der Waals surface area contributed by atoms with Crippen LogP contribution < -0.4 is 15.8 Å². The molecule has 0 radical (unpaired) electrons. The minimum absolute atomic E-state index is 0.0294. The lowest BCUT2D eigenvalue weighted by molar-refractivity contribution is 0.598. The van der Waals surface area contributed by atoms with Crippen LogP contribution in [0.4, 0.5) is 21.5 Å². The normalized spacial score (nSPS) is 11.3. The van der Waals surface area contributed by atoms with E-state index in [9.17, 15) is 12.8 Å². The molecular formula is C13H14FN3O2S. The Hall–Kier alpha value is -2.12. The number of anilines is 3. The van der Waals surface area contributed by atoms with Gasteiger partial charge in [-0.3, -0.25) is 0 Å². The molecule has 0 aliphatic rings. The molecule has 2 rings (SSSR count). The second-order valence-electron chi connectivity index (χ2n) is 4.27. The highest BCUT2D eigenvalue weighted by Crippen LogP contribution is 2.32. The van der Waals surface area contributed by atoms with Crippen molar-refractivity contribution in [2.75, 3.05) is 17.7 Å². The number of primary sulfonamides is 1. The van der Waals surface area contributed by atoms with Crippen molar-refractivity contribution in [2.24, 2.45) is 5.14 Å². The summed E-state index contributed by atoms with van der Waals surface area (Å²) in [6.45, 7) is 0. The summed E-state index contributed by atoms with van der Waals surface area (Å²) in [6, 6.07) is 10.4. The first-order chi connectivity index (χ1) is 9.30. The maximum Gasteiger partial charge on any atom is 0.240 e. The number of hydrogen-bond donors (Lipinski definition) is 2. The number of nitrogens with two attached hydrogens (primary N) is 2. The molecule has 0 bridgehead atoms. The second-order valence-corrected chi connectivity index (χ2v) is 5.80. The number of hydrogen-bond acceptors (Lipinski definition) is 4. The predicted molar refractivity (Wildman–Crippen MR) is 76.7 cm³/mol. The van der Waals surface area contributed by atoms with Crippen molar-refractivity contribution in [2.45, 2.75) is 4.90 Å². The molecule has 2 aromatic rings. The smallest absolute Gasteiger partial charge is 0.240 e. The summed E-state index contributed by atoms with van der Waals surface area (Å²) in [5, 5.41) is 5.10. The Bertz CT molecular complexity index is 747. The van der Waals surface area contributed by atoms with Crippen LogP contribution in [-0.2, 0) is 10.0 Å². The van der Waals surface area contributed by atoms with Gasteiger partial charge < -0.3 is 10.6 Å². The summed E-state index contributed by atoms with van der Waals surface area (Å²) in [5.74, 6) is -0.393. The van der Waals surface area contributed by atoms with Gasteiger partial charge in [0.1, 0.15) is 10.7 Å². The van der Waals surface area contributed by atoms with Gasteiger partial charge in [-0.05, 0) is 30.3 Å².